The Morgan fingerprint density at radius 1 is 1.16 bits per heavy atom. The van der Waals surface area contributed by atoms with Crippen LogP contribution in [0.1, 0.15) is 74.6 Å². The Morgan fingerprint density at radius 2 is 1.88 bits per heavy atom. The van der Waals surface area contributed by atoms with Crippen LogP contribution >= 0.6 is 0 Å². The Morgan fingerprint density at radius 3 is 2.58 bits per heavy atom. The zero-order chi connectivity index (χ0) is 31.1. The first-order chi connectivity index (χ1) is 20.5. The fourth-order valence-electron chi connectivity index (χ4n) is 6.72. The van der Waals surface area contributed by atoms with Gasteiger partial charge in [-0.05, 0) is 86.5 Å². The van der Waals surface area contributed by atoms with Gasteiger partial charge >= 0.3 is 6.09 Å². The molecule has 0 radical (unpaired) electrons. The highest BCUT2D eigenvalue weighted by Gasteiger charge is 2.48. The van der Waals surface area contributed by atoms with Crippen molar-refractivity contribution in [1.82, 2.24) is 9.80 Å². The Kier molecular flexibility index (Phi) is 11.1. The number of aryl methyl sites for hydroxylation is 3. The summed E-state index contributed by atoms with van der Waals surface area (Å²) in [4.78, 5) is 30.4. The van der Waals surface area contributed by atoms with E-state index in [9.17, 15) is 14.0 Å². The van der Waals surface area contributed by atoms with Crippen LogP contribution in [0.15, 0.2) is 30.3 Å². The molecule has 8 nitrogen and oxygen atoms in total. The van der Waals surface area contributed by atoms with E-state index in [1.165, 1.54) is 6.07 Å². The summed E-state index contributed by atoms with van der Waals surface area (Å²) in [5.74, 6) is -0.170. The summed E-state index contributed by atoms with van der Waals surface area (Å²) in [6.07, 6.45) is 2.72. The van der Waals surface area contributed by atoms with Crippen LogP contribution in [0.5, 0.6) is 0 Å². The smallest absolute Gasteiger partial charge is 0.410 e. The van der Waals surface area contributed by atoms with Crippen LogP contribution in [0.3, 0.4) is 0 Å². The number of carbonyl (C=O) groups is 2. The number of hydrogen-bond acceptors (Lipinski definition) is 6. The third-order valence-electron chi connectivity index (χ3n) is 9.16. The maximum atomic E-state index is 14.2. The number of carbonyl (C=O) groups excluding carboxylic acids is 2. The molecule has 1 saturated heterocycles. The molecular weight excluding hydrogens is 547 g/mol. The van der Waals surface area contributed by atoms with Crippen LogP contribution in [0.25, 0.3) is 0 Å². The molecule has 43 heavy (non-hydrogen) atoms. The Balaban J connectivity index is 1.45. The molecule has 2 aromatic rings. The largest absolute Gasteiger partial charge is 0.442 e. The predicted octanol–water partition coefficient (Wildman–Crippen LogP) is 6.05. The number of amides is 2. The number of benzene rings is 2. The Hall–Kier alpha value is -3.17. The van der Waals surface area contributed by atoms with Crippen LogP contribution < -0.4 is 11.1 Å². The average molecular weight is 597 g/mol. The molecule has 2 aromatic carbocycles. The molecule has 3 N–H and O–H groups in total. The van der Waals surface area contributed by atoms with E-state index in [4.69, 9.17) is 15.2 Å². The molecule has 1 aliphatic heterocycles. The monoisotopic (exact) mass is 596 g/mol. The van der Waals surface area contributed by atoms with Gasteiger partial charge in [-0.1, -0.05) is 39.0 Å². The summed E-state index contributed by atoms with van der Waals surface area (Å²) < 4.78 is 26.2. The molecule has 2 aliphatic rings. The van der Waals surface area contributed by atoms with E-state index < -0.39 is 5.60 Å². The number of halogens is 1. The standard InChI is InChI=1S/C34H49FN4O4/c1-6-38(16-7-8-29(40)37-32-25(5)10-9-24(4)31(32)36)17-15-34(43-33(41)39-18-20-42-21-19-39)14-13-26-22-27(35)11-12-28(26)30(34)23(2)3/h9-12,22-23,30H,6-8,13-21,36H2,1-5H3,(H,37,40)/t30-,34-/m0/s1. The molecule has 0 aromatic heterocycles. The SMILES string of the molecule is CCN(CCCC(=O)Nc1c(C)ccc(C)c1N)CC[C@@]1(OC(=O)N2CCOCC2)CCc2cc(F)ccc2[C@@H]1C(C)C. The molecule has 0 bridgehead atoms. The summed E-state index contributed by atoms with van der Waals surface area (Å²) in [6, 6.07) is 8.95. The third-order valence-corrected chi connectivity index (χ3v) is 9.16. The van der Waals surface area contributed by atoms with Crippen molar-refractivity contribution in [3.63, 3.8) is 0 Å². The van der Waals surface area contributed by atoms with Gasteiger partial charge in [0.25, 0.3) is 0 Å². The van der Waals surface area contributed by atoms with Crippen molar-refractivity contribution < 1.29 is 23.5 Å². The molecule has 1 heterocycles. The molecule has 0 unspecified atom stereocenters. The molecule has 1 aliphatic carbocycles. The van der Waals surface area contributed by atoms with Crippen molar-refractivity contribution in [3.05, 3.63) is 58.4 Å². The minimum absolute atomic E-state index is 0.0524. The second-order valence-corrected chi connectivity index (χ2v) is 12.4. The van der Waals surface area contributed by atoms with Crippen LogP contribution in [0.4, 0.5) is 20.6 Å². The number of ether oxygens (including phenoxy) is 2. The van der Waals surface area contributed by atoms with Gasteiger partial charge in [0, 0.05) is 38.4 Å². The lowest BCUT2D eigenvalue weighted by Crippen LogP contribution is -2.52. The molecule has 0 spiro atoms. The summed E-state index contributed by atoms with van der Waals surface area (Å²) in [5.41, 5.74) is 10.8. The van der Waals surface area contributed by atoms with Gasteiger partial charge in [0.15, 0.2) is 0 Å². The second-order valence-electron chi connectivity index (χ2n) is 12.4. The first-order valence-electron chi connectivity index (χ1n) is 15.8. The van der Waals surface area contributed by atoms with Gasteiger partial charge in [-0.3, -0.25) is 4.79 Å². The molecule has 1 fully saturated rings. The van der Waals surface area contributed by atoms with E-state index in [1.807, 2.05) is 32.0 Å². The van der Waals surface area contributed by atoms with Crippen molar-refractivity contribution >= 4 is 23.4 Å². The summed E-state index contributed by atoms with van der Waals surface area (Å²) in [6.45, 7) is 14.6. The molecule has 0 saturated carbocycles. The zero-order valence-electron chi connectivity index (χ0n) is 26.5. The van der Waals surface area contributed by atoms with Crippen molar-refractivity contribution in [2.75, 3.05) is 57.0 Å². The number of fused-ring (bicyclic) bond motifs is 1. The van der Waals surface area contributed by atoms with Crippen LogP contribution in [0, 0.1) is 25.6 Å². The van der Waals surface area contributed by atoms with Crippen molar-refractivity contribution in [1.29, 1.82) is 0 Å². The zero-order valence-corrected chi connectivity index (χ0v) is 26.5. The number of morpholine rings is 1. The topological polar surface area (TPSA) is 97.1 Å². The van der Waals surface area contributed by atoms with Gasteiger partial charge in [0.2, 0.25) is 5.91 Å². The third kappa shape index (κ3) is 7.87. The minimum atomic E-state index is -0.723. The van der Waals surface area contributed by atoms with E-state index in [2.05, 4.69) is 31.0 Å². The first-order valence-corrected chi connectivity index (χ1v) is 15.8. The minimum Gasteiger partial charge on any atom is -0.442 e. The average Bonchev–Trinajstić information content (AvgIpc) is 2.99. The maximum Gasteiger partial charge on any atom is 0.410 e. The van der Waals surface area contributed by atoms with E-state index in [-0.39, 0.29) is 29.7 Å². The van der Waals surface area contributed by atoms with E-state index in [1.54, 1.807) is 11.0 Å². The number of nitrogens with two attached hydrogens (primary N) is 1. The number of nitrogens with one attached hydrogen (secondary N) is 1. The summed E-state index contributed by atoms with van der Waals surface area (Å²) in [5, 5.41) is 3.00. The van der Waals surface area contributed by atoms with E-state index in [0.717, 1.165) is 41.9 Å². The van der Waals surface area contributed by atoms with Gasteiger partial charge in [-0.25, -0.2) is 9.18 Å². The molecule has 9 heteroatoms. The highest BCUT2D eigenvalue weighted by atomic mass is 19.1. The Bertz CT molecular complexity index is 1280. The number of anilines is 2. The quantitative estimate of drug-likeness (QED) is 0.307. The first kappa shape index (κ1) is 32.7. The molecule has 2 atom stereocenters. The number of hydrogen-bond donors (Lipinski definition) is 2. The van der Waals surface area contributed by atoms with Crippen LogP contribution in [-0.2, 0) is 20.7 Å². The lowest BCUT2D eigenvalue weighted by molar-refractivity contribution is -0.116. The Labute approximate surface area is 256 Å². The van der Waals surface area contributed by atoms with Crippen molar-refractivity contribution in [2.24, 2.45) is 5.92 Å². The normalized spacial score (nSPS) is 20.3. The van der Waals surface area contributed by atoms with Crippen molar-refractivity contribution in [2.45, 2.75) is 78.2 Å². The highest BCUT2D eigenvalue weighted by molar-refractivity contribution is 5.95. The maximum absolute atomic E-state index is 14.2. The second kappa shape index (κ2) is 14.5. The predicted molar refractivity (Wildman–Crippen MR) is 169 cm³/mol. The van der Waals surface area contributed by atoms with Crippen LogP contribution in [0.2, 0.25) is 0 Å². The molecule has 236 valence electrons. The van der Waals surface area contributed by atoms with E-state index in [0.29, 0.717) is 69.8 Å². The number of nitrogen functional groups attached to an aromatic ring is 1. The fraction of sp³-hybridized carbons (Fsp3) is 0.588. The summed E-state index contributed by atoms with van der Waals surface area (Å²) >= 11 is 0. The van der Waals surface area contributed by atoms with Gasteiger partial charge in [-0.15, -0.1) is 0 Å². The highest BCUT2D eigenvalue weighted by Crippen LogP contribution is 2.48. The van der Waals surface area contributed by atoms with Gasteiger partial charge in [0.1, 0.15) is 11.4 Å². The molecule has 4 rings (SSSR count). The lowest BCUT2D eigenvalue weighted by Gasteiger charge is -2.48. The number of nitrogens with zero attached hydrogens (tertiary/aromatic N) is 2. The van der Waals surface area contributed by atoms with Gasteiger partial charge < -0.3 is 30.3 Å². The number of rotatable bonds is 11. The summed E-state index contributed by atoms with van der Waals surface area (Å²) in [7, 11) is 0. The van der Waals surface area contributed by atoms with Gasteiger partial charge in [0.05, 0.1) is 24.6 Å². The molecular formula is C34H49FN4O4. The molecule has 2 amide bonds. The lowest BCUT2D eigenvalue weighted by atomic mass is 9.65. The van der Waals surface area contributed by atoms with E-state index >= 15 is 0 Å². The van der Waals surface area contributed by atoms with Crippen LogP contribution in [-0.4, -0.2) is 73.3 Å². The van der Waals surface area contributed by atoms with Crippen molar-refractivity contribution in [3.8, 4) is 0 Å². The van der Waals surface area contributed by atoms with Gasteiger partial charge in [-0.2, -0.15) is 0 Å². The fourth-order valence-corrected chi connectivity index (χ4v) is 6.72.